The number of rotatable bonds is 4. The van der Waals surface area contributed by atoms with Crippen LogP contribution in [0.5, 0.6) is 0 Å². The Kier molecular flexibility index (Phi) is 7.33. The maximum absolute atomic E-state index is 8.53. The fraction of sp³-hybridized carbons (Fsp3) is 0.500. The Labute approximate surface area is 84.4 Å². The van der Waals surface area contributed by atoms with Gasteiger partial charge in [-0.25, -0.2) is 0 Å². The molecule has 0 amide bonds. The lowest BCUT2D eigenvalue weighted by atomic mass is 10.1. The molecule has 3 heteroatoms. The molecule has 1 nitrogen and oxygen atoms in total. The number of halogens is 2. The van der Waals surface area contributed by atoms with Gasteiger partial charge in [0, 0.05) is 0 Å². The van der Waals surface area contributed by atoms with Crippen LogP contribution in [-0.2, 0) is 0 Å². The second-order valence-corrected chi connectivity index (χ2v) is 5.04. The normalized spacial score (nSPS) is 11.5. The van der Waals surface area contributed by atoms with E-state index in [4.69, 9.17) is 5.11 Å². The number of hydrogen-bond donors (Lipinski definition) is 1. The van der Waals surface area contributed by atoms with E-state index in [2.05, 4.69) is 37.9 Å². The second-order valence-electron chi connectivity index (χ2n) is 2.27. The molecule has 0 aliphatic rings. The summed E-state index contributed by atoms with van der Waals surface area (Å²) in [4.78, 5) is 0. The minimum atomic E-state index is 0.144. The molecule has 0 saturated heterocycles. The minimum absolute atomic E-state index is 0.144. The Morgan fingerprint density at radius 3 is 2.45 bits per heavy atom. The Balaban J connectivity index is 3.54. The number of aliphatic hydroxyl groups excluding tert-OH is 1. The summed E-state index contributed by atoms with van der Waals surface area (Å²) in [5.74, 6) is 0. The van der Waals surface area contributed by atoms with Gasteiger partial charge < -0.3 is 5.11 Å². The molecule has 0 aromatic rings. The molecule has 0 fully saturated rings. The van der Waals surface area contributed by atoms with Crippen molar-refractivity contribution >= 4 is 31.9 Å². The lowest BCUT2D eigenvalue weighted by Crippen LogP contribution is -1.79. The van der Waals surface area contributed by atoms with Crippen molar-refractivity contribution in [3.63, 3.8) is 0 Å². The van der Waals surface area contributed by atoms with Crippen LogP contribution in [0.4, 0.5) is 0 Å². The molecule has 0 aliphatic heterocycles. The molecule has 0 saturated carbocycles. The summed E-state index contributed by atoms with van der Waals surface area (Å²) < 4.78 is 0.988. The summed E-state index contributed by atoms with van der Waals surface area (Å²) in [6, 6.07) is 0. The quantitative estimate of drug-likeness (QED) is 0.785. The molecule has 11 heavy (non-hydrogen) atoms. The zero-order valence-corrected chi connectivity index (χ0v) is 9.65. The van der Waals surface area contributed by atoms with Crippen LogP contribution >= 0.6 is 31.9 Å². The van der Waals surface area contributed by atoms with Gasteiger partial charge in [-0.3, -0.25) is 0 Å². The summed E-state index contributed by atoms with van der Waals surface area (Å²) >= 11 is 6.54. The van der Waals surface area contributed by atoms with Crippen molar-refractivity contribution in [2.24, 2.45) is 0 Å². The summed E-state index contributed by atoms with van der Waals surface area (Å²) in [6.45, 7) is 2.16. The first-order valence-corrected chi connectivity index (χ1v) is 5.03. The largest absolute Gasteiger partial charge is 0.392 e. The standard InChI is InChI=1S/C8H12Br2O/c1-7(5-6-11)3-2-4-8(9)10/h4-5,11H,2-3,6H2,1H3/b7-5+. The third-order valence-electron chi connectivity index (χ3n) is 1.28. The van der Waals surface area contributed by atoms with Gasteiger partial charge in [-0.1, -0.05) is 17.7 Å². The third kappa shape index (κ3) is 8.30. The molecule has 0 heterocycles. The summed E-state index contributed by atoms with van der Waals surface area (Å²) in [5, 5.41) is 8.53. The average molecular weight is 284 g/mol. The molecule has 0 atom stereocenters. The van der Waals surface area contributed by atoms with E-state index in [1.807, 2.05) is 13.0 Å². The highest BCUT2D eigenvalue weighted by molar-refractivity contribution is 9.28. The van der Waals surface area contributed by atoms with Gasteiger partial charge in [0.05, 0.1) is 10.00 Å². The van der Waals surface area contributed by atoms with Gasteiger partial charge in [0.25, 0.3) is 0 Å². The molecule has 1 N–H and O–H groups in total. The molecule has 0 aromatic carbocycles. The van der Waals surface area contributed by atoms with Gasteiger partial charge in [0.1, 0.15) is 0 Å². The van der Waals surface area contributed by atoms with E-state index in [9.17, 15) is 0 Å². The van der Waals surface area contributed by atoms with Gasteiger partial charge in [-0.2, -0.15) is 0 Å². The fourth-order valence-electron chi connectivity index (χ4n) is 0.667. The van der Waals surface area contributed by atoms with Crippen molar-refractivity contribution in [3.05, 3.63) is 21.1 Å². The highest BCUT2D eigenvalue weighted by Gasteiger charge is 1.87. The predicted molar refractivity (Wildman–Crippen MR) is 56.0 cm³/mol. The van der Waals surface area contributed by atoms with Gasteiger partial charge >= 0.3 is 0 Å². The maximum Gasteiger partial charge on any atom is 0.0614 e. The minimum Gasteiger partial charge on any atom is -0.392 e. The van der Waals surface area contributed by atoms with Gasteiger partial charge in [-0.15, -0.1) is 0 Å². The van der Waals surface area contributed by atoms with E-state index in [-0.39, 0.29) is 6.61 Å². The van der Waals surface area contributed by atoms with E-state index in [0.29, 0.717) is 0 Å². The molecular weight excluding hydrogens is 272 g/mol. The van der Waals surface area contributed by atoms with Crippen LogP contribution in [0, 0.1) is 0 Å². The van der Waals surface area contributed by atoms with Crippen molar-refractivity contribution in [2.45, 2.75) is 19.8 Å². The predicted octanol–water partition coefficient (Wildman–Crippen LogP) is 3.34. The average Bonchev–Trinajstić information content (AvgIpc) is 1.87. The van der Waals surface area contributed by atoms with Crippen molar-refractivity contribution in [3.8, 4) is 0 Å². The number of allylic oxidation sites excluding steroid dienone is 2. The Morgan fingerprint density at radius 2 is 2.00 bits per heavy atom. The smallest absolute Gasteiger partial charge is 0.0614 e. The first-order valence-electron chi connectivity index (χ1n) is 3.44. The molecular formula is C8H12Br2O. The zero-order chi connectivity index (χ0) is 8.69. The molecule has 0 radical (unpaired) electrons. The van der Waals surface area contributed by atoms with Crippen LogP contribution in [0.1, 0.15) is 19.8 Å². The van der Waals surface area contributed by atoms with Crippen molar-refractivity contribution in [1.82, 2.24) is 0 Å². The molecule has 0 spiro atoms. The molecule has 0 aromatic heterocycles. The van der Waals surface area contributed by atoms with Crippen molar-refractivity contribution < 1.29 is 5.11 Å². The Bertz CT molecular complexity index is 157. The monoisotopic (exact) mass is 282 g/mol. The lowest BCUT2D eigenvalue weighted by molar-refractivity contribution is 0.341. The van der Waals surface area contributed by atoms with Gasteiger partial charge in [0.15, 0.2) is 0 Å². The van der Waals surface area contributed by atoms with Crippen molar-refractivity contribution in [2.75, 3.05) is 6.61 Å². The fourth-order valence-corrected chi connectivity index (χ4v) is 1.12. The Morgan fingerprint density at radius 1 is 1.36 bits per heavy atom. The summed E-state index contributed by atoms with van der Waals surface area (Å²) in [5.41, 5.74) is 1.23. The second kappa shape index (κ2) is 7.07. The SMILES string of the molecule is C/C(=C\CO)CCC=C(Br)Br. The zero-order valence-electron chi connectivity index (χ0n) is 6.48. The van der Waals surface area contributed by atoms with Crippen LogP contribution in [0.2, 0.25) is 0 Å². The van der Waals surface area contributed by atoms with Crippen LogP contribution in [0.3, 0.4) is 0 Å². The van der Waals surface area contributed by atoms with E-state index >= 15 is 0 Å². The highest BCUT2D eigenvalue weighted by Crippen LogP contribution is 2.15. The summed E-state index contributed by atoms with van der Waals surface area (Å²) in [7, 11) is 0. The third-order valence-corrected chi connectivity index (χ3v) is 1.92. The van der Waals surface area contributed by atoms with E-state index < -0.39 is 0 Å². The molecule has 0 unspecified atom stereocenters. The summed E-state index contributed by atoms with van der Waals surface area (Å²) in [6.07, 6.45) is 5.88. The highest BCUT2D eigenvalue weighted by atomic mass is 79.9. The van der Waals surface area contributed by atoms with Gasteiger partial charge in [0.2, 0.25) is 0 Å². The van der Waals surface area contributed by atoms with Crippen LogP contribution in [0.25, 0.3) is 0 Å². The van der Waals surface area contributed by atoms with Crippen LogP contribution in [-0.4, -0.2) is 11.7 Å². The number of aliphatic hydroxyl groups is 1. The Hall–Kier alpha value is 0.400. The molecule has 0 rings (SSSR count). The van der Waals surface area contributed by atoms with E-state index in [0.717, 1.165) is 16.2 Å². The topological polar surface area (TPSA) is 20.2 Å². The maximum atomic E-state index is 8.53. The molecule has 0 bridgehead atoms. The molecule has 64 valence electrons. The lowest BCUT2D eigenvalue weighted by Gasteiger charge is -1.95. The van der Waals surface area contributed by atoms with Crippen LogP contribution in [0.15, 0.2) is 21.1 Å². The first kappa shape index (κ1) is 11.4. The van der Waals surface area contributed by atoms with Crippen molar-refractivity contribution in [1.29, 1.82) is 0 Å². The van der Waals surface area contributed by atoms with E-state index in [1.165, 1.54) is 5.57 Å². The van der Waals surface area contributed by atoms with Crippen LogP contribution < -0.4 is 0 Å². The van der Waals surface area contributed by atoms with E-state index in [1.54, 1.807) is 0 Å². The molecule has 0 aliphatic carbocycles. The number of hydrogen-bond acceptors (Lipinski definition) is 1. The van der Waals surface area contributed by atoms with Gasteiger partial charge in [-0.05, 0) is 51.6 Å². The first-order chi connectivity index (χ1) is 5.16.